The van der Waals surface area contributed by atoms with Crippen LogP contribution in [0.1, 0.15) is 42.1 Å². The molecule has 5 nitrogen and oxygen atoms in total. The summed E-state index contributed by atoms with van der Waals surface area (Å²) in [5.74, 6) is 0.706. The van der Waals surface area contributed by atoms with E-state index in [2.05, 4.69) is 17.4 Å². The predicted octanol–water partition coefficient (Wildman–Crippen LogP) is 4.12. The molecule has 29 heavy (non-hydrogen) atoms. The molecule has 3 rings (SSSR count). The minimum absolute atomic E-state index is 0.0334. The van der Waals surface area contributed by atoms with Crippen LogP contribution in [0, 0.1) is 5.92 Å². The Morgan fingerprint density at radius 2 is 1.83 bits per heavy atom. The lowest BCUT2D eigenvalue weighted by Crippen LogP contribution is -2.50. The van der Waals surface area contributed by atoms with Gasteiger partial charge >= 0.3 is 0 Å². The molecule has 0 saturated carbocycles. The third-order valence-electron chi connectivity index (χ3n) is 5.42. The Balaban J connectivity index is 1.68. The first-order valence-corrected chi connectivity index (χ1v) is 10.3. The van der Waals surface area contributed by atoms with Gasteiger partial charge in [0.1, 0.15) is 11.8 Å². The summed E-state index contributed by atoms with van der Waals surface area (Å²) < 4.78 is 5.22. The molecule has 0 radical (unpaired) electrons. The smallest absolute Gasteiger partial charge is 0.253 e. The summed E-state index contributed by atoms with van der Waals surface area (Å²) in [6, 6.07) is 14.3. The molecule has 1 aliphatic heterocycles. The van der Waals surface area contributed by atoms with Crippen molar-refractivity contribution in [3.8, 4) is 5.75 Å². The van der Waals surface area contributed by atoms with Gasteiger partial charge < -0.3 is 15.0 Å². The zero-order valence-corrected chi connectivity index (χ0v) is 17.8. The summed E-state index contributed by atoms with van der Waals surface area (Å²) in [7, 11) is 1.65. The number of rotatable bonds is 6. The average molecular weight is 415 g/mol. The molecule has 1 heterocycles. The Kier molecular flexibility index (Phi) is 6.80. The molecule has 0 spiro atoms. The second-order valence-electron chi connectivity index (χ2n) is 7.72. The molecule has 1 aliphatic rings. The van der Waals surface area contributed by atoms with E-state index in [1.807, 2.05) is 30.9 Å². The molecule has 0 bridgehead atoms. The summed E-state index contributed by atoms with van der Waals surface area (Å²) in [4.78, 5) is 27.7. The quantitative estimate of drug-likeness (QED) is 0.773. The number of hydrogen-bond acceptors (Lipinski definition) is 3. The number of amides is 2. The first kappa shape index (κ1) is 21.2. The number of ether oxygens (including phenoxy) is 1. The van der Waals surface area contributed by atoms with Gasteiger partial charge in [0, 0.05) is 19.0 Å². The number of carbonyl (C=O) groups is 2. The van der Waals surface area contributed by atoms with E-state index in [4.69, 9.17) is 16.3 Å². The van der Waals surface area contributed by atoms with Crippen LogP contribution in [0.3, 0.4) is 0 Å². The van der Waals surface area contributed by atoms with Crippen LogP contribution in [-0.4, -0.2) is 43.0 Å². The van der Waals surface area contributed by atoms with E-state index in [1.54, 1.807) is 31.4 Å². The van der Waals surface area contributed by atoms with E-state index in [9.17, 15) is 9.59 Å². The molecule has 0 aliphatic carbocycles. The van der Waals surface area contributed by atoms with Crippen molar-refractivity contribution in [1.29, 1.82) is 0 Å². The van der Waals surface area contributed by atoms with Crippen molar-refractivity contribution in [2.24, 2.45) is 5.92 Å². The summed E-state index contributed by atoms with van der Waals surface area (Å²) in [6.45, 7) is 5.20. The van der Waals surface area contributed by atoms with Crippen LogP contribution in [0.25, 0.3) is 0 Å². The minimum Gasteiger partial charge on any atom is -0.497 e. The molecule has 6 heteroatoms. The summed E-state index contributed by atoms with van der Waals surface area (Å²) >= 11 is 6.13. The number of methoxy groups -OCH3 is 1. The number of halogens is 1. The second kappa shape index (κ2) is 9.31. The number of carbonyl (C=O) groups excluding carboxylic acids is 2. The predicted molar refractivity (Wildman–Crippen MR) is 114 cm³/mol. The summed E-state index contributed by atoms with van der Waals surface area (Å²) in [5, 5.41) is 3.26. The molecule has 2 aromatic rings. The molecule has 2 unspecified atom stereocenters. The van der Waals surface area contributed by atoms with Gasteiger partial charge in [-0.3, -0.25) is 9.59 Å². The molecule has 0 aromatic heterocycles. The van der Waals surface area contributed by atoms with Gasteiger partial charge in [0.25, 0.3) is 5.91 Å². The standard InChI is InChI=1S/C23H27ClN2O3/c1-15(2)21(25-22(27)19-6-4-5-7-20(19)24)23(28)26-13-12-17(14-26)16-8-10-18(29-3)11-9-16/h4-11,15,17,21H,12-14H2,1-3H3,(H,25,27). The van der Waals surface area contributed by atoms with Gasteiger partial charge in [0.15, 0.2) is 0 Å². The Bertz CT molecular complexity index is 867. The highest BCUT2D eigenvalue weighted by molar-refractivity contribution is 6.33. The van der Waals surface area contributed by atoms with Crippen LogP contribution in [0.2, 0.25) is 5.02 Å². The first-order chi connectivity index (χ1) is 13.9. The SMILES string of the molecule is COc1ccc(C2CCN(C(=O)C(NC(=O)c3ccccc3Cl)C(C)C)C2)cc1. The minimum atomic E-state index is -0.589. The van der Waals surface area contributed by atoms with Crippen molar-refractivity contribution >= 4 is 23.4 Å². The molecular formula is C23H27ClN2O3. The van der Waals surface area contributed by atoms with Crippen LogP contribution in [-0.2, 0) is 4.79 Å². The molecule has 1 fully saturated rings. The normalized spacial score (nSPS) is 17.3. The van der Waals surface area contributed by atoms with Crippen LogP contribution in [0.5, 0.6) is 5.75 Å². The van der Waals surface area contributed by atoms with Crippen molar-refractivity contribution in [1.82, 2.24) is 10.2 Å². The van der Waals surface area contributed by atoms with Crippen LogP contribution in [0.4, 0.5) is 0 Å². The summed E-state index contributed by atoms with van der Waals surface area (Å²) in [6.07, 6.45) is 0.904. The van der Waals surface area contributed by atoms with Gasteiger partial charge in [-0.25, -0.2) is 0 Å². The number of nitrogens with one attached hydrogen (secondary N) is 1. The van der Waals surface area contributed by atoms with Crippen LogP contribution >= 0.6 is 11.6 Å². The lowest BCUT2D eigenvalue weighted by molar-refractivity contribution is -0.133. The lowest BCUT2D eigenvalue weighted by Gasteiger charge is -2.27. The zero-order valence-electron chi connectivity index (χ0n) is 17.0. The van der Waals surface area contributed by atoms with Gasteiger partial charge in [-0.05, 0) is 42.2 Å². The first-order valence-electron chi connectivity index (χ1n) is 9.88. The van der Waals surface area contributed by atoms with Crippen molar-refractivity contribution in [3.63, 3.8) is 0 Å². The Morgan fingerprint density at radius 1 is 1.14 bits per heavy atom. The van der Waals surface area contributed by atoms with E-state index < -0.39 is 6.04 Å². The molecule has 1 saturated heterocycles. The maximum Gasteiger partial charge on any atom is 0.253 e. The van der Waals surface area contributed by atoms with E-state index in [1.165, 1.54) is 5.56 Å². The van der Waals surface area contributed by atoms with Crippen LogP contribution < -0.4 is 10.1 Å². The Labute approximate surface area is 177 Å². The number of hydrogen-bond donors (Lipinski definition) is 1. The fraction of sp³-hybridized carbons (Fsp3) is 0.391. The van der Waals surface area contributed by atoms with Gasteiger partial charge in [-0.2, -0.15) is 0 Å². The van der Waals surface area contributed by atoms with Crippen molar-refractivity contribution in [2.45, 2.75) is 32.2 Å². The highest BCUT2D eigenvalue weighted by Gasteiger charge is 2.34. The summed E-state index contributed by atoms with van der Waals surface area (Å²) in [5.41, 5.74) is 1.58. The van der Waals surface area contributed by atoms with Crippen molar-refractivity contribution < 1.29 is 14.3 Å². The van der Waals surface area contributed by atoms with Crippen LogP contribution in [0.15, 0.2) is 48.5 Å². The highest BCUT2D eigenvalue weighted by atomic mass is 35.5. The maximum atomic E-state index is 13.2. The topological polar surface area (TPSA) is 58.6 Å². The number of benzene rings is 2. The van der Waals surface area contributed by atoms with E-state index in [0.29, 0.717) is 23.7 Å². The molecule has 1 N–H and O–H groups in total. The maximum absolute atomic E-state index is 13.2. The van der Waals surface area contributed by atoms with Crippen molar-refractivity contribution in [2.75, 3.05) is 20.2 Å². The Morgan fingerprint density at radius 3 is 2.45 bits per heavy atom. The number of nitrogens with zero attached hydrogens (tertiary/aromatic N) is 1. The third kappa shape index (κ3) is 4.91. The second-order valence-corrected chi connectivity index (χ2v) is 8.13. The van der Waals surface area contributed by atoms with E-state index in [0.717, 1.165) is 12.2 Å². The molecular weight excluding hydrogens is 388 g/mol. The molecule has 2 amide bonds. The Hall–Kier alpha value is -2.53. The fourth-order valence-corrected chi connectivity index (χ4v) is 3.90. The van der Waals surface area contributed by atoms with Gasteiger partial charge in [-0.1, -0.05) is 49.7 Å². The van der Waals surface area contributed by atoms with Gasteiger partial charge in [-0.15, -0.1) is 0 Å². The molecule has 2 aromatic carbocycles. The van der Waals surface area contributed by atoms with Crippen molar-refractivity contribution in [3.05, 3.63) is 64.7 Å². The largest absolute Gasteiger partial charge is 0.497 e. The molecule has 2 atom stereocenters. The zero-order chi connectivity index (χ0) is 21.0. The van der Waals surface area contributed by atoms with E-state index in [-0.39, 0.29) is 23.7 Å². The fourth-order valence-electron chi connectivity index (χ4n) is 3.68. The van der Waals surface area contributed by atoms with E-state index >= 15 is 0 Å². The average Bonchev–Trinajstić information content (AvgIpc) is 3.22. The van der Waals surface area contributed by atoms with Gasteiger partial charge in [0.05, 0.1) is 17.7 Å². The highest BCUT2D eigenvalue weighted by Crippen LogP contribution is 2.29. The third-order valence-corrected chi connectivity index (χ3v) is 5.75. The van der Waals surface area contributed by atoms with Gasteiger partial charge in [0.2, 0.25) is 5.91 Å². The molecule has 154 valence electrons. The lowest BCUT2D eigenvalue weighted by atomic mass is 9.98. The number of likely N-dealkylation sites (tertiary alicyclic amines) is 1. The monoisotopic (exact) mass is 414 g/mol.